The number of methoxy groups -OCH3 is 1. The second kappa shape index (κ2) is 12.7. The molecular weight excluding hydrogens is 512 g/mol. The molecule has 0 fully saturated rings. The number of carbonyl (C=O) groups excluding carboxylic acids is 2. The lowest BCUT2D eigenvalue weighted by Gasteiger charge is -2.23. The molecule has 3 aromatic rings. The summed E-state index contributed by atoms with van der Waals surface area (Å²) < 4.78 is 31.3. The first kappa shape index (κ1) is 28.1. The third-order valence-corrected chi connectivity index (χ3v) is 7.14. The summed E-state index contributed by atoms with van der Waals surface area (Å²) in [5.41, 5.74) is 2.94. The number of nitrogens with one attached hydrogen (secondary N) is 5. The van der Waals surface area contributed by atoms with E-state index in [0.717, 1.165) is 21.8 Å². The van der Waals surface area contributed by atoms with Gasteiger partial charge in [0.05, 0.1) is 23.9 Å². The van der Waals surface area contributed by atoms with E-state index in [0.29, 0.717) is 12.1 Å². The lowest BCUT2D eigenvalue weighted by atomic mass is 10.0. The summed E-state index contributed by atoms with van der Waals surface area (Å²) >= 11 is 1.53. The Morgan fingerprint density at radius 3 is 2.24 bits per heavy atom. The molecule has 0 aliphatic heterocycles. The van der Waals surface area contributed by atoms with Gasteiger partial charge in [0.2, 0.25) is 5.91 Å². The minimum atomic E-state index is -3.39. The molecule has 6 N–H and O–H groups in total. The fourth-order valence-corrected chi connectivity index (χ4v) is 4.97. The number of nitrogens with zero attached hydrogens (tertiary/aromatic N) is 1. The molecule has 0 radical (unpaired) electrons. The van der Waals surface area contributed by atoms with Crippen LogP contribution in [-0.4, -0.2) is 34.7 Å². The van der Waals surface area contributed by atoms with Gasteiger partial charge in [0.25, 0.3) is 0 Å². The number of rotatable bonds is 11. The SMILES string of the molecule is COC(=O)N[C@@H](Cc1ccccc1)C(=O)N[C@@H](Cc1ccc(NS(=N)(=N)O)cc1)c1csc(C(C)C)n1. The van der Waals surface area contributed by atoms with E-state index in [1.165, 1.54) is 18.4 Å². The zero-order valence-corrected chi connectivity index (χ0v) is 22.5. The maximum atomic E-state index is 13.4. The highest BCUT2D eigenvalue weighted by atomic mass is 32.2. The van der Waals surface area contributed by atoms with Gasteiger partial charge < -0.3 is 15.4 Å². The highest BCUT2D eigenvalue weighted by molar-refractivity contribution is 7.89. The molecule has 2 aromatic carbocycles. The smallest absolute Gasteiger partial charge is 0.407 e. The summed E-state index contributed by atoms with van der Waals surface area (Å²) in [4.78, 5) is 30.2. The van der Waals surface area contributed by atoms with Crippen LogP contribution in [0.1, 0.15) is 47.6 Å². The van der Waals surface area contributed by atoms with Crippen LogP contribution in [-0.2, 0) is 32.5 Å². The van der Waals surface area contributed by atoms with Crippen LogP contribution < -0.4 is 15.4 Å². The molecule has 0 saturated heterocycles. The molecular formula is C25H32N6O4S2. The van der Waals surface area contributed by atoms with E-state index in [4.69, 9.17) is 19.3 Å². The maximum Gasteiger partial charge on any atom is 0.407 e. The van der Waals surface area contributed by atoms with Crippen molar-refractivity contribution in [3.63, 3.8) is 0 Å². The number of carbonyl (C=O) groups is 2. The van der Waals surface area contributed by atoms with E-state index in [1.54, 1.807) is 24.3 Å². The highest BCUT2D eigenvalue weighted by Crippen LogP contribution is 2.26. The summed E-state index contributed by atoms with van der Waals surface area (Å²) in [7, 11) is -2.13. The van der Waals surface area contributed by atoms with E-state index < -0.39 is 28.3 Å². The average Bonchev–Trinajstić information content (AvgIpc) is 3.35. The quantitative estimate of drug-likeness (QED) is 0.197. The van der Waals surface area contributed by atoms with E-state index in [9.17, 15) is 14.1 Å². The van der Waals surface area contributed by atoms with Crippen molar-refractivity contribution >= 4 is 39.1 Å². The molecule has 0 unspecified atom stereocenters. The van der Waals surface area contributed by atoms with E-state index >= 15 is 0 Å². The molecule has 1 heterocycles. The summed E-state index contributed by atoms with van der Waals surface area (Å²) in [5, 5.41) is 8.58. The molecule has 1 aromatic heterocycles. The van der Waals surface area contributed by atoms with Crippen LogP contribution in [0.15, 0.2) is 60.0 Å². The van der Waals surface area contributed by atoms with Gasteiger partial charge in [-0.1, -0.05) is 56.3 Å². The predicted molar refractivity (Wildman–Crippen MR) is 146 cm³/mol. The van der Waals surface area contributed by atoms with Crippen LogP contribution >= 0.6 is 11.3 Å². The van der Waals surface area contributed by atoms with Crippen molar-refractivity contribution in [1.82, 2.24) is 15.6 Å². The van der Waals surface area contributed by atoms with Crippen LogP contribution in [0.2, 0.25) is 0 Å². The lowest BCUT2D eigenvalue weighted by Crippen LogP contribution is -2.49. The van der Waals surface area contributed by atoms with Crippen molar-refractivity contribution in [2.45, 2.75) is 44.7 Å². The number of hydrogen-bond acceptors (Lipinski definition) is 7. The lowest BCUT2D eigenvalue weighted by molar-refractivity contribution is -0.123. The van der Waals surface area contributed by atoms with Crippen molar-refractivity contribution < 1.29 is 18.9 Å². The molecule has 12 heteroatoms. The molecule has 2 atom stereocenters. The Bertz CT molecular complexity index is 1290. The highest BCUT2D eigenvalue weighted by Gasteiger charge is 2.26. The first-order valence-electron chi connectivity index (χ1n) is 11.6. The van der Waals surface area contributed by atoms with Gasteiger partial charge in [0.15, 0.2) is 0 Å². The van der Waals surface area contributed by atoms with Gasteiger partial charge in [-0.2, -0.15) is 0 Å². The third kappa shape index (κ3) is 8.85. The average molecular weight is 545 g/mol. The van der Waals surface area contributed by atoms with Crippen LogP contribution in [0.5, 0.6) is 0 Å². The summed E-state index contributed by atoms with van der Waals surface area (Å²) in [6, 6.07) is 15.0. The zero-order valence-electron chi connectivity index (χ0n) is 20.9. The molecule has 10 nitrogen and oxygen atoms in total. The van der Waals surface area contributed by atoms with Crippen molar-refractivity contribution in [3.8, 4) is 0 Å². The van der Waals surface area contributed by atoms with E-state index in [2.05, 4.69) is 29.2 Å². The third-order valence-electron chi connectivity index (χ3n) is 5.44. The van der Waals surface area contributed by atoms with E-state index in [1.807, 2.05) is 35.7 Å². The zero-order chi connectivity index (χ0) is 27.0. The number of aromatic nitrogens is 1. The second-order valence-corrected chi connectivity index (χ2v) is 11.0. The van der Waals surface area contributed by atoms with Gasteiger partial charge in [-0.25, -0.2) is 19.3 Å². The normalized spacial score (nSPS) is 13.0. The monoisotopic (exact) mass is 544 g/mol. The van der Waals surface area contributed by atoms with Gasteiger partial charge >= 0.3 is 6.09 Å². The Labute approximate surface area is 221 Å². The maximum absolute atomic E-state index is 13.4. The number of benzene rings is 2. The Balaban J connectivity index is 1.85. The van der Waals surface area contributed by atoms with Gasteiger partial charge in [-0.05, 0) is 29.7 Å². The number of alkyl carbamates (subject to hydrolysis) is 1. The Morgan fingerprint density at radius 2 is 1.68 bits per heavy atom. The number of hydrogen-bond donors (Lipinski definition) is 6. The van der Waals surface area contributed by atoms with Crippen molar-refractivity contribution in [1.29, 1.82) is 9.56 Å². The van der Waals surface area contributed by atoms with Crippen molar-refractivity contribution in [2.75, 3.05) is 11.8 Å². The first-order chi connectivity index (χ1) is 17.5. The standard InChI is InChI=1S/C25H32N6O4S2/c1-16(2)24-29-22(15-36-24)20(13-18-9-11-19(12-10-18)31-37(26,27)34)28-23(32)21(30-25(33)35-3)14-17-7-5-4-6-8-17/h4-12,15-16,20-21H,13-14H2,1-3H3,(H,28,32)(H,30,33)(H4,26,27,31,34)/t20-,21-/m0/s1. The summed E-state index contributed by atoms with van der Waals surface area (Å²) in [6.07, 6.45) is 0.00856. The minimum absolute atomic E-state index is 0.239. The summed E-state index contributed by atoms with van der Waals surface area (Å²) in [6.45, 7) is 4.11. The molecule has 0 aliphatic carbocycles. The fraction of sp³-hybridized carbons (Fsp3) is 0.320. The molecule has 198 valence electrons. The molecule has 0 saturated carbocycles. The molecule has 37 heavy (non-hydrogen) atoms. The molecule has 3 rings (SSSR count). The molecule has 0 bridgehead atoms. The number of amides is 2. The Kier molecular flexibility index (Phi) is 9.61. The van der Waals surface area contributed by atoms with Gasteiger partial charge in [-0.3, -0.25) is 14.1 Å². The van der Waals surface area contributed by atoms with Crippen molar-refractivity contribution in [3.05, 3.63) is 81.8 Å². The fourth-order valence-electron chi connectivity index (χ4n) is 3.60. The number of ether oxygens (including phenoxy) is 1. The van der Waals surface area contributed by atoms with Gasteiger partial charge in [0, 0.05) is 23.4 Å². The first-order valence-corrected chi connectivity index (χ1v) is 14.1. The Morgan fingerprint density at radius 1 is 1.03 bits per heavy atom. The van der Waals surface area contributed by atoms with E-state index in [-0.39, 0.29) is 18.2 Å². The second-order valence-electron chi connectivity index (χ2n) is 8.79. The summed E-state index contributed by atoms with van der Waals surface area (Å²) in [5.74, 6) is -0.128. The van der Waals surface area contributed by atoms with Crippen LogP contribution in [0, 0.1) is 9.56 Å². The topological polar surface area (TPSA) is 160 Å². The van der Waals surface area contributed by atoms with Crippen molar-refractivity contribution in [2.24, 2.45) is 0 Å². The van der Waals surface area contributed by atoms with Crippen LogP contribution in [0.4, 0.5) is 10.5 Å². The number of thiazole rings is 1. The van der Waals surface area contributed by atoms with Gasteiger partial charge in [0.1, 0.15) is 16.1 Å². The predicted octanol–water partition coefficient (Wildman–Crippen LogP) is 5.11. The molecule has 0 spiro atoms. The van der Waals surface area contributed by atoms with Crippen LogP contribution in [0.3, 0.4) is 0 Å². The molecule has 0 aliphatic rings. The Hall–Kier alpha value is -3.48. The number of anilines is 1. The molecule has 2 amide bonds. The van der Waals surface area contributed by atoms with Gasteiger partial charge in [-0.15, -0.1) is 11.3 Å². The van der Waals surface area contributed by atoms with Crippen LogP contribution in [0.25, 0.3) is 0 Å². The largest absolute Gasteiger partial charge is 0.453 e. The minimum Gasteiger partial charge on any atom is -0.453 e.